The summed E-state index contributed by atoms with van der Waals surface area (Å²) in [4.78, 5) is 8.61. The fraction of sp³-hybridized carbons (Fsp3) is 0.214. The van der Waals surface area contributed by atoms with Crippen LogP contribution in [0.4, 0.5) is 11.5 Å². The van der Waals surface area contributed by atoms with Gasteiger partial charge in [-0.3, -0.25) is 0 Å². The van der Waals surface area contributed by atoms with Crippen LogP contribution in [0, 0.1) is 18.3 Å². The first-order valence-corrected chi connectivity index (χ1v) is 6.32. The molecule has 2 aromatic rings. The van der Waals surface area contributed by atoms with Crippen LogP contribution in [0.2, 0.25) is 5.15 Å². The summed E-state index contributed by atoms with van der Waals surface area (Å²) in [5, 5.41) is 12.4. The Kier molecular flexibility index (Phi) is 3.98. The molecule has 1 heterocycles. The van der Waals surface area contributed by atoms with Crippen molar-refractivity contribution in [2.75, 3.05) is 5.32 Å². The van der Waals surface area contributed by atoms with E-state index in [1.54, 1.807) is 12.1 Å². The maximum Gasteiger partial charge on any atom is 0.138 e. The molecule has 96 valence electrons. The summed E-state index contributed by atoms with van der Waals surface area (Å²) in [7, 11) is 0. The van der Waals surface area contributed by atoms with Crippen LogP contribution < -0.4 is 5.32 Å². The van der Waals surface area contributed by atoms with Crippen molar-refractivity contribution in [1.82, 2.24) is 9.97 Å². The third-order valence-corrected chi connectivity index (χ3v) is 3.09. The molecule has 0 atom stereocenters. The third kappa shape index (κ3) is 3.01. The van der Waals surface area contributed by atoms with Gasteiger partial charge in [0.05, 0.1) is 11.6 Å². The average molecular weight is 273 g/mol. The van der Waals surface area contributed by atoms with E-state index in [2.05, 4.69) is 21.4 Å². The van der Waals surface area contributed by atoms with E-state index in [0.717, 1.165) is 17.7 Å². The van der Waals surface area contributed by atoms with E-state index in [-0.39, 0.29) is 0 Å². The minimum atomic E-state index is 0.461. The molecule has 0 spiro atoms. The Labute approximate surface area is 117 Å². The first-order valence-electron chi connectivity index (χ1n) is 5.94. The highest BCUT2D eigenvalue weighted by molar-refractivity contribution is 6.30. The minimum absolute atomic E-state index is 0.461. The van der Waals surface area contributed by atoms with E-state index < -0.39 is 0 Å². The van der Waals surface area contributed by atoms with Crippen molar-refractivity contribution in [2.24, 2.45) is 0 Å². The van der Waals surface area contributed by atoms with Gasteiger partial charge in [0, 0.05) is 17.7 Å². The molecule has 0 radical (unpaired) electrons. The van der Waals surface area contributed by atoms with Crippen LogP contribution in [0.3, 0.4) is 0 Å². The van der Waals surface area contributed by atoms with Crippen LogP contribution in [0.1, 0.15) is 23.9 Å². The van der Waals surface area contributed by atoms with Crippen molar-refractivity contribution in [1.29, 1.82) is 5.26 Å². The number of rotatable bonds is 3. The van der Waals surface area contributed by atoms with Crippen LogP contribution >= 0.6 is 11.6 Å². The number of hydrogen-bond acceptors (Lipinski definition) is 4. The van der Waals surface area contributed by atoms with Crippen molar-refractivity contribution < 1.29 is 0 Å². The first kappa shape index (κ1) is 13.3. The molecular formula is C14H13ClN4. The molecule has 0 fully saturated rings. The Bertz CT molecular complexity index is 629. The van der Waals surface area contributed by atoms with Gasteiger partial charge in [-0.25, -0.2) is 9.97 Å². The maximum absolute atomic E-state index is 8.76. The molecule has 19 heavy (non-hydrogen) atoms. The smallest absolute Gasteiger partial charge is 0.138 e. The van der Waals surface area contributed by atoms with Crippen molar-refractivity contribution in [3.63, 3.8) is 0 Å². The molecule has 1 N–H and O–H groups in total. The summed E-state index contributed by atoms with van der Waals surface area (Å²) in [6, 6.07) is 9.25. The number of benzene rings is 1. The summed E-state index contributed by atoms with van der Waals surface area (Å²) in [5.74, 6) is 1.40. The second-order valence-corrected chi connectivity index (χ2v) is 4.43. The molecule has 1 aromatic carbocycles. The molecule has 0 saturated carbocycles. The second-order valence-electron chi connectivity index (χ2n) is 4.07. The summed E-state index contributed by atoms with van der Waals surface area (Å²) < 4.78 is 0. The summed E-state index contributed by atoms with van der Waals surface area (Å²) >= 11 is 6.08. The highest BCUT2D eigenvalue weighted by Crippen LogP contribution is 2.23. The molecule has 0 saturated heterocycles. The number of hydrogen-bond donors (Lipinski definition) is 1. The van der Waals surface area contributed by atoms with E-state index in [1.165, 1.54) is 0 Å². The Hall–Kier alpha value is -2.12. The lowest BCUT2D eigenvalue weighted by molar-refractivity contribution is 0.934. The van der Waals surface area contributed by atoms with Gasteiger partial charge in [0.1, 0.15) is 16.8 Å². The molecule has 0 aliphatic rings. The van der Waals surface area contributed by atoms with Crippen molar-refractivity contribution in [3.05, 3.63) is 46.4 Å². The SMILES string of the molecule is CCc1nc(Cl)c(C)c(Nc2ccc(C#N)cc2)n1. The molecule has 0 bridgehead atoms. The van der Waals surface area contributed by atoms with E-state index in [0.29, 0.717) is 22.4 Å². The van der Waals surface area contributed by atoms with Gasteiger partial charge in [0.15, 0.2) is 0 Å². The van der Waals surface area contributed by atoms with Gasteiger partial charge in [0.2, 0.25) is 0 Å². The van der Waals surface area contributed by atoms with Gasteiger partial charge in [-0.05, 0) is 31.2 Å². The van der Waals surface area contributed by atoms with Gasteiger partial charge in [-0.2, -0.15) is 5.26 Å². The number of anilines is 2. The lowest BCUT2D eigenvalue weighted by Gasteiger charge is -2.10. The predicted molar refractivity (Wildman–Crippen MR) is 75.6 cm³/mol. The third-order valence-electron chi connectivity index (χ3n) is 2.73. The van der Waals surface area contributed by atoms with E-state index in [4.69, 9.17) is 16.9 Å². The van der Waals surface area contributed by atoms with Crippen molar-refractivity contribution in [2.45, 2.75) is 20.3 Å². The first-order chi connectivity index (χ1) is 9.13. The van der Waals surface area contributed by atoms with Gasteiger partial charge in [-0.1, -0.05) is 18.5 Å². The zero-order valence-electron chi connectivity index (χ0n) is 10.7. The van der Waals surface area contributed by atoms with Gasteiger partial charge >= 0.3 is 0 Å². The number of aromatic nitrogens is 2. The monoisotopic (exact) mass is 272 g/mol. The molecule has 4 nitrogen and oxygen atoms in total. The average Bonchev–Trinajstić information content (AvgIpc) is 2.44. The maximum atomic E-state index is 8.76. The summed E-state index contributed by atoms with van der Waals surface area (Å²) in [5.41, 5.74) is 2.29. The number of nitrogens with one attached hydrogen (secondary N) is 1. The molecular weight excluding hydrogens is 260 g/mol. The molecule has 0 aliphatic carbocycles. The van der Waals surface area contributed by atoms with Crippen molar-refractivity contribution in [3.8, 4) is 6.07 Å². The fourth-order valence-electron chi connectivity index (χ4n) is 1.58. The largest absolute Gasteiger partial charge is 0.340 e. The summed E-state index contributed by atoms with van der Waals surface area (Å²) in [6.45, 7) is 3.85. The lowest BCUT2D eigenvalue weighted by Crippen LogP contribution is -2.03. The molecule has 0 unspecified atom stereocenters. The topological polar surface area (TPSA) is 61.6 Å². The standard InChI is InChI=1S/C14H13ClN4/c1-3-12-18-13(15)9(2)14(19-12)17-11-6-4-10(8-16)5-7-11/h4-7H,3H2,1-2H3,(H,17,18,19). The zero-order chi connectivity index (χ0) is 13.8. The zero-order valence-corrected chi connectivity index (χ0v) is 11.5. The van der Waals surface area contributed by atoms with Gasteiger partial charge < -0.3 is 5.32 Å². The molecule has 2 rings (SSSR count). The Balaban J connectivity index is 2.32. The quantitative estimate of drug-likeness (QED) is 0.867. The van der Waals surface area contributed by atoms with E-state index in [1.807, 2.05) is 26.0 Å². The number of aryl methyl sites for hydroxylation is 1. The second kappa shape index (κ2) is 5.68. The van der Waals surface area contributed by atoms with Crippen LogP contribution in [-0.2, 0) is 6.42 Å². The predicted octanol–water partition coefficient (Wildman–Crippen LogP) is 3.62. The van der Waals surface area contributed by atoms with Gasteiger partial charge in [0.25, 0.3) is 0 Å². The number of nitrogens with zero attached hydrogens (tertiary/aromatic N) is 3. The Morgan fingerprint density at radius 2 is 1.95 bits per heavy atom. The molecule has 0 amide bonds. The van der Waals surface area contributed by atoms with Crippen LogP contribution in [0.25, 0.3) is 0 Å². The Morgan fingerprint density at radius 1 is 1.26 bits per heavy atom. The number of nitriles is 1. The normalized spacial score (nSPS) is 10.0. The van der Waals surface area contributed by atoms with E-state index >= 15 is 0 Å². The fourth-order valence-corrected chi connectivity index (χ4v) is 1.76. The minimum Gasteiger partial charge on any atom is -0.340 e. The Morgan fingerprint density at radius 3 is 2.53 bits per heavy atom. The van der Waals surface area contributed by atoms with Crippen LogP contribution in [0.5, 0.6) is 0 Å². The summed E-state index contributed by atoms with van der Waals surface area (Å²) in [6.07, 6.45) is 0.724. The molecule has 5 heteroatoms. The lowest BCUT2D eigenvalue weighted by atomic mass is 10.2. The highest BCUT2D eigenvalue weighted by atomic mass is 35.5. The number of halogens is 1. The molecule has 0 aliphatic heterocycles. The van der Waals surface area contributed by atoms with E-state index in [9.17, 15) is 0 Å². The van der Waals surface area contributed by atoms with Gasteiger partial charge in [-0.15, -0.1) is 0 Å². The van der Waals surface area contributed by atoms with Crippen LogP contribution in [0.15, 0.2) is 24.3 Å². The van der Waals surface area contributed by atoms with Crippen LogP contribution in [-0.4, -0.2) is 9.97 Å². The van der Waals surface area contributed by atoms with Crippen molar-refractivity contribution >= 4 is 23.1 Å². The molecule has 1 aromatic heterocycles. The highest BCUT2D eigenvalue weighted by Gasteiger charge is 2.08.